The highest BCUT2D eigenvalue weighted by molar-refractivity contribution is 6.05. The molecule has 5 rings (SSSR count). The highest BCUT2D eigenvalue weighted by Gasteiger charge is 2.54. The molecule has 3 heterocycles. The Bertz CT molecular complexity index is 917. The van der Waals surface area contributed by atoms with Crippen LogP contribution in [-0.2, 0) is 14.3 Å². The van der Waals surface area contributed by atoms with Crippen LogP contribution < -0.4 is 4.90 Å². The van der Waals surface area contributed by atoms with Gasteiger partial charge in [0, 0.05) is 55.8 Å². The molecule has 30 heavy (non-hydrogen) atoms. The first-order chi connectivity index (χ1) is 14.5. The molecule has 158 valence electrons. The number of carbonyl (C=O) groups is 2. The van der Waals surface area contributed by atoms with E-state index in [4.69, 9.17) is 4.74 Å². The molecule has 2 aliphatic carbocycles. The van der Waals surface area contributed by atoms with E-state index < -0.39 is 0 Å². The van der Waals surface area contributed by atoms with Crippen molar-refractivity contribution in [2.45, 2.75) is 32.8 Å². The summed E-state index contributed by atoms with van der Waals surface area (Å²) in [7, 11) is 0. The topological polar surface area (TPSA) is 62.7 Å². The van der Waals surface area contributed by atoms with Crippen LogP contribution in [-0.4, -0.2) is 60.5 Å². The lowest BCUT2D eigenvalue weighted by Gasteiger charge is -2.43. The lowest BCUT2D eigenvalue weighted by molar-refractivity contribution is -0.144. The minimum Gasteiger partial charge on any atom is -0.457 e. The maximum Gasteiger partial charge on any atom is 0.311 e. The van der Waals surface area contributed by atoms with Gasteiger partial charge in [0.15, 0.2) is 5.78 Å². The highest BCUT2D eigenvalue weighted by Crippen LogP contribution is 2.53. The predicted molar refractivity (Wildman–Crippen MR) is 114 cm³/mol. The molecule has 0 amide bonds. The summed E-state index contributed by atoms with van der Waals surface area (Å²) in [5, 5.41) is 0. The zero-order chi connectivity index (χ0) is 20.9. The fourth-order valence-electron chi connectivity index (χ4n) is 5.76. The Morgan fingerprint density at radius 3 is 2.73 bits per heavy atom. The first kappa shape index (κ1) is 19.5. The van der Waals surface area contributed by atoms with Crippen molar-refractivity contribution in [1.29, 1.82) is 0 Å². The van der Waals surface area contributed by atoms with Crippen molar-refractivity contribution in [2.75, 3.05) is 37.6 Å². The average Bonchev–Trinajstić information content (AvgIpc) is 3.07. The first-order valence-electron chi connectivity index (χ1n) is 11.0. The predicted octanol–water partition coefficient (Wildman–Crippen LogP) is 2.62. The van der Waals surface area contributed by atoms with Gasteiger partial charge in [0.05, 0.1) is 5.92 Å². The number of hydrogen-bond donors (Lipinski definition) is 0. The maximum atomic E-state index is 12.9. The van der Waals surface area contributed by atoms with E-state index in [2.05, 4.69) is 21.7 Å². The summed E-state index contributed by atoms with van der Waals surface area (Å²) in [6, 6.07) is 6.00. The molecule has 0 aromatic carbocycles. The average molecular weight is 408 g/mol. The standard InChI is InChI=1S/C24H29N3O3/c1-16-19(28)7-9-24(2)8-6-17-18(23(29)30-22(17)21(16)24)15-26-11-13-27(14-12-26)20-5-3-4-10-25-20/h3-5,7,9-10,17-18,22H,6,8,11-15H2,1-2H3/t17-,18-,22-,24-/m0/s1. The number of ether oxygens (including phenoxy) is 1. The van der Waals surface area contributed by atoms with Crippen LogP contribution in [0.5, 0.6) is 0 Å². The molecule has 0 unspecified atom stereocenters. The Kier molecular flexibility index (Phi) is 4.77. The largest absolute Gasteiger partial charge is 0.457 e. The SMILES string of the molecule is CC1=C2[C@H]3OC(=O)[C@@H](CN4CCN(c5ccccn5)CC4)[C@@H]3CC[C@@]2(C)C=CC1=O. The smallest absolute Gasteiger partial charge is 0.311 e. The van der Waals surface area contributed by atoms with Crippen LogP contribution in [0, 0.1) is 17.3 Å². The first-order valence-corrected chi connectivity index (χ1v) is 11.0. The van der Waals surface area contributed by atoms with Crippen LogP contribution in [0.15, 0.2) is 47.7 Å². The Morgan fingerprint density at radius 2 is 2.00 bits per heavy atom. The number of anilines is 1. The van der Waals surface area contributed by atoms with Gasteiger partial charge in [-0.25, -0.2) is 4.98 Å². The van der Waals surface area contributed by atoms with Crippen molar-refractivity contribution in [3.63, 3.8) is 0 Å². The number of esters is 1. The van der Waals surface area contributed by atoms with E-state index in [9.17, 15) is 9.59 Å². The Hall–Kier alpha value is -2.47. The van der Waals surface area contributed by atoms with E-state index in [0.29, 0.717) is 0 Å². The van der Waals surface area contributed by atoms with Gasteiger partial charge in [0.25, 0.3) is 0 Å². The number of ketones is 1. The van der Waals surface area contributed by atoms with Gasteiger partial charge >= 0.3 is 5.97 Å². The molecule has 0 radical (unpaired) electrons. The van der Waals surface area contributed by atoms with E-state index in [1.165, 1.54) is 0 Å². The van der Waals surface area contributed by atoms with Crippen LogP contribution in [0.25, 0.3) is 0 Å². The van der Waals surface area contributed by atoms with Crippen molar-refractivity contribution in [3.8, 4) is 0 Å². The molecule has 0 spiro atoms. The van der Waals surface area contributed by atoms with Crippen molar-refractivity contribution >= 4 is 17.6 Å². The summed E-state index contributed by atoms with van der Waals surface area (Å²) in [5.41, 5.74) is 1.65. The van der Waals surface area contributed by atoms with Gasteiger partial charge in [-0.05, 0) is 43.5 Å². The normalized spacial score (nSPS) is 34.1. The summed E-state index contributed by atoms with van der Waals surface area (Å²) in [6.07, 6.45) is 7.21. The number of rotatable bonds is 3. The number of allylic oxidation sites excluding steroid dienone is 3. The quantitative estimate of drug-likeness (QED) is 0.718. The number of pyridine rings is 1. The third kappa shape index (κ3) is 3.18. The molecule has 3 fully saturated rings. The highest BCUT2D eigenvalue weighted by atomic mass is 16.6. The zero-order valence-electron chi connectivity index (χ0n) is 17.7. The number of carbonyl (C=O) groups excluding carboxylic acids is 2. The van der Waals surface area contributed by atoms with Gasteiger partial charge in [0.2, 0.25) is 0 Å². The molecule has 0 N–H and O–H groups in total. The molecule has 1 aromatic heterocycles. The van der Waals surface area contributed by atoms with Crippen LogP contribution in [0.4, 0.5) is 5.82 Å². The van der Waals surface area contributed by atoms with Crippen molar-refractivity contribution in [1.82, 2.24) is 9.88 Å². The van der Waals surface area contributed by atoms with Crippen LogP contribution in [0.2, 0.25) is 0 Å². The third-order valence-electron chi connectivity index (χ3n) is 7.53. The second kappa shape index (κ2) is 7.34. The Morgan fingerprint density at radius 1 is 1.20 bits per heavy atom. The number of aromatic nitrogens is 1. The molecule has 2 aliphatic heterocycles. The van der Waals surface area contributed by atoms with Crippen LogP contribution in [0.1, 0.15) is 26.7 Å². The van der Waals surface area contributed by atoms with Crippen molar-refractivity contribution < 1.29 is 14.3 Å². The summed E-state index contributed by atoms with van der Waals surface area (Å²) < 4.78 is 5.93. The summed E-state index contributed by atoms with van der Waals surface area (Å²) >= 11 is 0. The zero-order valence-corrected chi connectivity index (χ0v) is 17.7. The maximum absolute atomic E-state index is 12.9. The fraction of sp³-hybridized carbons (Fsp3) is 0.542. The molecular formula is C24H29N3O3. The van der Waals surface area contributed by atoms with Gasteiger partial charge < -0.3 is 9.64 Å². The molecule has 0 bridgehead atoms. The van der Waals surface area contributed by atoms with E-state index in [0.717, 1.165) is 62.5 Å². The molecular weight excluding hydrogens is 378 g/mol. The monoisotopic (exact) mass is 407 g/mol. The molecule has 1 saturated carbocycles. The summed E-state index contributed by atoms with van der Waals surface area (Å²) in [6.45, 7) is 8.45. The Balaban J connectivity index is 1.28. The molecule has 6 nitrogen and oxygen atoms in total. The lowest BCUT2D eigenvalue weighted by Crippen LogP contribution is -2.49. The van der Waals surface area contributed by atoms with Crippen molar-refractivity contribution in [3.05, 3.63) is 47.7 Å². The molecule has 6 heteroatoms. The number of fused-ring (bicyclic) bond motifs is 3. The van der Waals surface area contributed by atoms with E-state index in [1.807, 2.05) is 37.4 Å². The number of hydrogen-bond acceptors (Lipinski definition) is 6. The van der Waals surface area contributed by atoms with E-state index >= 15 is 0 Å². The fourth-order valence-corrected chi connectivity index (χ4v) is 5.76. The van der Waals surface area contributed by atoms with Gasteiger partial charge in [-0.2, -0.15) is 0 Å². The van der Waals surface area contributed by atoms with Gasteiger partial charge in [0.1, 0.15) is 11.9 Å². The van der Waals surface area contributed by atoms with Crippen LogP contribution in [0.3, 0.4) is 0 Å². The Labute approximate surface area is 177 Å². The van der Waals surface area contributed by atoms with E-state index in [1.54, 1.807) is 6.08 Å². The minimum atomic E-state index is -0.245. The second-order valence-electron chi connectivity index (χ2n) is 9.30. The summed E-state index contributed by atoms with van der Waals surface area (Å²) in [4.78, 5) is 34.3. The minimum absolute atomic E-state index is 0.0493. The van der Waals surface area contributed by atoms with Gasteiger partial charge in [-0.1, -0.05) is 19.1 Å². The van der Waals surface area contributed by atoms with Gasteiger partial charge in [-0.15, -0.1) is 0 Å². The molecule has 4 atom stereocenters. The summed E-state index contributed by atoms with van der Waals surface area (Å²) in [5.74, 6) is 1.03. The molecule has 4 aliphatic rings. The number of nitrogens with zero attached hydrogens (tertiary/aromatic N) is 3. The van der Waals surface area contributed by atoms with Crippen LogP contribution >= 0.6 is 0 Å². The van der Waals surface area contributed by atoms with Gasteiger partial charge in [-0.3, -0.25) is 14.5 Å². The molecule has 2 saturated heterocycles. The lowest BCUT2D eigenvalue weighted by atomic mass is 9.61. The van der Waals surface area contributed by atoms with Crippen molar-refractivity contribution in [2.24, 2.45) is 17.3 Å². The molecule has 1 aromatic rings. The number of piperazine rings is 1. The second-order valence-corrected chi connectivity index (χ2v) is 9.30. The van der Waals surface area contributed by atoms with E-state index in [-0.39, 0.29) is 35.1 Å². The third-order valence-corrected chi connectivity index (χ3v) is 7.53.